The Labute approximate surface area is 167 Å². The summed E-state index contributed by atoms with van der Waals surface area (Å²) in [5.74, 6) is -18.6. The Balaban J connectivity index is 3.27. The van der Waals surface area contributed by atoms with Gasteiger partial charge in [0.25, 0.3) is 19.7 Å². The summed E-state index contributed by atoms with van der Waals surface area (Å²) >= 11 is 0. The largest absolute Gasteiger partial charge is 0.502 e. The van der Waals surface area contributed by atoms with Gasteiger partial charge in [-0.15, -0.1) is 0 Å². The number of sulfone groups is 2. The molecule has 0 radical (unpaired) electrons. The van der Waals surface area contributed by atoms with Gasteiger partial charge in [-0.2, -0.15) is 26.3 Å². The van der Waals surface area contributed by atoms with Gasteiger partial charge in [-0.1, -0.05) is 0 Å². The Bertz CT molecular complexity index is 1240. The highest BCUT2D eigenvalue weighted by atomic mass is 32.3. The Morgan fingerprint density at radius 2 is 1.00 bits per heavy atom. The van der Waals surface area contributed by atoms with Crippen LogP contribution < -0.4 is 0 Å². The summed E-state index contributed by atoms with van der Waals surface area (Å²) in [4.78, 5) is 0. The summed E-state index contributed by atoms with van der Waals surface area (Å²) < 4.78 is 216. The van der Waals surface area contributed by atoms with E-state index < -0.39 is 92.7 Å². The third kappa shape index (κ3) is 3.44. The minimum atomic E-state index is -7.91. The zero-order valence-electron chi connectivity index (χ0n) is 13.9. The first-order chi connectivity index (χ1) is 14.1. The van der Waals surface area contributed by atoms with Gasteiger partial charge in [0.05, 0.1) is 11.1 Å². The lowest BCUT2D eigenvalue weighted by molar-refractivity contribution is -0.0444. The monoisotopic (exact) mass is 532 g/mol. The fourth-order valence-electron chi connectivity index (χ4n) is 2.42. The van der Waals surface area contributed by atoms with Crippen molar-refractivity contribution in [3.8, 4) is 0 Å². The Morgan fingerprint density at radius 3 is 1.38 bits per heavy atom. The van der Waals surface area contributed by atoms with Crippen LogP contribution in [0.15, 0.2) is 15.6 Å². The second-order valence-corrected chi connectivity index (χ2v) is 9.65. The number of allylic oxidation sites excluding steroid dienone is 2. The molecule has 0 heterocycles. The molecule has 0 aromatic heterocycles. The van der Waals surface area contributed by atoms with Crippen molar-refractivity contribution in [3.63, 3.8) is 0 Å². The molecule has 1 aromatic rings. The molecule has 4 nitrogen and oxygen atoms in total. The van der Waals surface area contributed by atoms with Gasteiger partial charge >= 0.3 is 11.0 Å². The molecule has 0 bridgehead atoms. The fourth-order valence-corrected chi connectivity index (χ4v) is 5.53. The van der Waals surface area contributed by atoms with E-state index in [0.29, 0.717) is 0 Å². The number of rotatable bonds is 2. The average Bonchev–Trinajstić information content (AvgIpc) is 2.62. The molecule has 1 aliphatic rings. The maximum Gasteiger partial charge on any atom is 0.502 e. The molecule has 1 aliphatic carbocycles. The highest BCUT2D eigenvalue weighted by Gasteiger charge is 2.62. The van der Waals surface area contributed by atoms with Gasteiger partial charge in [-0.3, -0.25) is 0 Å². The quantitative estimate of drug-likeness (QED) is 0.307. The number of alkyl halides is 7. The van der Waals surface area contributed by atoms with Crippen molar-refractivity contribution >= 4 is 25.5 Å². The first-order valence-electron chi connectivity index (χ1n) is 7.05. The number of benzene rings is 1. The van der Waals surface area contributed by atoms with Crippen LogP contribution in [0.2, 0.25) is 0 Å². The maximum atomic E-state index is 14.6. The van der Waals surface area contributed by atoms with Gasteiger partial charge in [0.1, 0.15) is 0 Å². The second-order valence-electron chi connectivity index (χ2n) is 5.63. The van der Waals surface area contributed by atoms with Crippen LogP contribution in [0, 0.1) is 23.3 Å². The van der Waals surface area contributed by atoms with E-state index in [1.165, 1.54) is 0 Å². The zero-order chi connectivity index (χ0) is 25.4. The van der Waals surface area contributed by atoms with Crippen LogP contribution in [0.5, 0.6) is 0 Å². The van der Waals surface area contributed by atoms with Crippen LogP contribution in [0.3, 0.4) is 0 Å². The maximum absolute atomic E-state index is 14.6. The summed E-state index contributed by atoms with van der Waals surface area (Å²) in [6.45, 7) is 0. The molecule has 0 saturated carbocycles. The minimum absolute atomic E-state index is 2.51. The zero-order valence-corrected chi connectivity index (χ0v) is 15.6. The van der Waals surface area contributed by atoms with Crippen molar-refractivity contribution in [2.75, 3.05) is 0 Å². The van der Waals surface area contributed by atoms with E-state index in [4.69, 9.17) is 0 Å². The third-order valence-electron chi connectivity index (χ3n) is 3.78. The summed E-state index contributed by atoms with van der Waals surface area (Å²) in [5.41, 5.74) is -22.6. The summed E-state index contributed by atoms with van der Waals surface area (Å²) in [6, 6.07) is 0. The van der Waals surface area contributed by atoms with Crippen LogP contribution in [0.25, 0.3) is 5.83 Å². The van der Waals surface area contributed by atoms with Crippen LogP contribution in [-0.4, -0.2) is 27.9 Å². The predicted octanol–water partition coefficient (Wildman–Crippen LogP) is 4.96. The third-order valence-corrected chi connectivity index (χ3v) is 7.73. The van der Waals surface area contributed by atoms with E-state index in [1.807, 2.05) is 0 Å². The van der Waals surface area contributed by atoms with Crippen molar-refractivity contribution in [2.45, 2.75) is 17.2 Å². The van der Waals surface area contributed by atoms with Crippen LogP contribution in [0.1, 0.15) is 17.3 Å². The predicted molar refractivity (Wildman–Crippen MR) is 76.2 cm³/mol. The molecule has 2 rings (SSSR count). The number of halogens is 13. The van der Waals surface area contributed by atoms with Gasteiger partial charge in [-0.05, 0) is 0 Å². The highest BCUT2D eigenvalue weighted by Crippen LogP contribution is 2.52. The van der Waals surface area contributed by atoms with Gasteiger partial charge in [0.15, 0.2) is 45.3 Å². The van der Waals surface area contributed by atoms with Crippen LogP contribution in [-0.2, 0) is 19.7 Å². The number of hydrogen-bond acceptors (Lipinski definition) is 4. The Morgan fingerprint density at radius 1 is 0.625 bits per heavy atom. The SMILES string of the molecule is O=S(=O)(C(=C1C(F)=C(F)c2c(F)c(F)c(F)c(F)c2C1F)S(=O)(=O)C(F)(F)F)C(F)(F)F. The van der Waals surface area contributed by atoms with Crippen LogP contribution in [0.4, 0.5) is 57.1 Å². The van der Waals surface area contributed by atoms with E-state index in [9.17, 15) is 73.9 Å². The fraction of sp³-hybridized carbons (Fsp3) is 0.231. The number of fused-ring (bicyclic) bond motifs is 1. The lowest BCUT2D eigenvalue weighted by atomic mass is 9.89. The lowest BCUT2D eigenvalue weighted by Crippen LogP contribution is -2.36. The normalized spacial score (nSPS) is 18.2. The van der Waals surface area contributed by atoms with E-state index in [2.05, 4.69) is 0 Å². The molecule has 1 unspecified atom stereocenters. The second kappa shape index (κ2) is 7.35. The molecule has 180 valence electrons. The summed E-state index contributed by atoms with van der Waals surface area (Å²) in [5, 5.41) is 0. The topological polar surface area (TPSA) is 68.3 Å². The van der Waals surface area contributed by atoms with Crippen molar-refractivity contribution < 1.29 is 73.9 Å². The lowest BCUT2D eigenvalue weighted by Gasteiger charge is -2.25. The minimum Gasteiger partial charge on any atom is -0.237 e. The molecule has 32 heavy (non-hydrogen) atoms. The van der Waals surface area contributed by atoms with Crippen molar-refractivity contribution in [3.05, 3.63) is 50.0 Å². The first-order valence-corrected chi connectivity index (χ1v) is 10.0. The number of hydrogen-bond donors (Lipinski definition) is 0. The molecule has 0 fully saturated rings. The standard InChI is InChI=1S/C13HF13O4S2/c14-4-1-2(7(17)10(20)9(19)6(1)16)5(15)8(18)3(4)11(31(27,28)12(21,22)23)32(29,30)13(24,25)26/h4H. The molecule has 19 heteroatoms. The van der Waals surface area contributed by atoms with Crippen molar-refractivity contribution in [1.29, 1.82) is 0 Å². The Kier molecular flexibility index (Phi) is 5.96. The molecule has 0 aliphatic heterocycles. The molecule has 0 saturated heterocycles. The molecule has 1 atom stereocenters. The van der Waals surface area contributed by atoms with Crippen molar-refractivity contribution in [2.24, 2.45) is 0 Å². The van der Waals surface area contributed by atoms with Crippen molar-refractivity contribution in [1.82, 2.24) is 0 Å². The van der Waals surface area contributed by atoms with E-state index in [1.54, 1.807) is 0 Å². The molecule has 0 amide bonds. The molecule has 1 aromatic carbocycles. The average molecular weight is 532 g/mol. The van der Waals surface area contributed by atoms with E-state index in [0.717, 1.165) is 0 Å². The molecular weight excluding hydrogens is 531 g/mol. The molecule has 0 N–H and O–H groups in total. The highest BCUT2D eigenvalue weighted by molar-refractivity contribution is 8.15. The summed E-state index contributed by atoms with van der Waals surface area (Å²) in [7, 11) is -15.8. The molecule has 0 spiro atoms. The molecular formula is C13HF13O4S2. The summed E-state index contributed by atoms with van der Waals surface area (Å²) in [6.07, 6.45) is -4.50. The first kappa shape index (κ1) is 25.9. The van der Waals surface area contributed by atoms with Gasteiger partial charge < -0.3 is 0 Å². The van der Waals surface area contributed by atoms with Gasteiger partial charge in [0, 0.05) is 5.56 Å². The van der Waals surface area contributed by atoms with Gasteiger partial charge in [0.2, 0.25) is 0 Å². The Hall–Kier alpha value is -2.31. The van der Waals surface area contributed by atoms with Crippen LogP contribution >= 0.6 is 0 Å². The van der Waals surface area contributed by atoms with E-state index >= 15 is 0 Å². The van der Waals surface area contributed by atoms with E-state index in [-0.39, 0.29) is 0 Å². The smallest absolute Gasteiger partial charge is 0.237 e. The van der Waals surface area contributed by atoms with Gasteiger partial charge in [-0.25, -0.2) is 47.6 Å².